The fraction of sp³-hybridized carbons (Fsp3) is 0.500. The van der Waals surface area contributed by atoms with Crippen LogP contribution in [0.4, 0.5) is 0 Å². The second kappa shape index (κ2) is 6.26. The van der Waals surface area contributed by atoms with Gasteiger partial charge in [-0.2, -0.15) is 0 Å². The number of imidazole rings is 1. The van der Waals surface area contributed by atoms with Crippen LogP contribution in [0.1, 0.15) is 60.4 Å². The number of aromatic nitrogens is 3. The first-order valence-corrected chi connectivity index (χ1v) is 8.53. The van der Waals surface area contributed by atoms with Crippen LogP contribution in [0, 0.1) is 0 Å². The molecule has 24 heavy (non-hydrogen) atoms. The Labute approximate surface area is 140 Å². The Morgan fingerprint density at radius 3 is 2.79 bits per heavy atom. The number of hydrogen-bond donors (Lipinski definition) is 0. The molecule has 0 bridgehead atoms. The minimum absolute atomic E-state index is 0.141. The molecule has 0 saturated heterocycles. The third-order valence-corrected chi connectivity index (χ3v) is 4.93. The molecule has 2 aliphatic rings. The molecule has 126 valence electrons. The molecule has 1 atom stereocenters. The number of carbonyl (C=O) groups is 1. The molecule has 0 radical (unpaired) electrons. The fourth-order valence-corrected chi connectivity index (χ4v) is 3.73. The summed E-state index contributed by atoms with van der Waals surface area (Å²) in [5, 5.41) is 0. The highest BCUT2D eigenvalue weighted by atomic mass is 16.5. The predicted octanol–water partition coefficient (Wildman–Crippen LogP) is 3.35. The van der Waals surface area contributed by atoms with Crippen molar-refractivity contribution in [1.29, 1.82) is 0 Å². The number of hydrogen-bond acceptors (Lipinski definition) is 5. The summed E-state index contributed by atoms with van der Waals surface area (Å²) in [7, 11) is 1.36. The molecular weight excluding hydrogens is 306 g/mol. The van der Waals surface area contributed by atoms with Crippen LogP contribution in [-0.2, 0) is 9.47 Å². The Kier molecular flexibility index (Phi) is 3.96. The molecule has 6 heteroatoms. The van der Waals surface area contributed by atoms with E-state index in [9.17, 15) is 4.79 Å². The first kappa shape index (κ1) is 15.2. The van der Waals surface area contributed by atoms with Gasteiger partial charge in [-0.05, 0) is 31.1 Å². The maximum absolute atomic E-state index is 11.8. The second-order valence-corrected chi connectivity index (χ2v) is 6.43. The molecule has 1 unspecified atom stereocenters. The van der Waals surface area contributed by atoms with Gasteiger partial charge in [-0.25, -0.2) is 14.8 Å². The van der Waals surface area contributed by atoms with Gasteiger partial charge in [0.15, 0.2) is 11.3 Å². The molecule has 3 heterocycles. The molecule has 1 aliphatic carbocycles. The van der Waals surface area contributed by atoms with Crippen LogP contribution in [0.15, 0.2) is 24.5 Å². The van der Waals surface area contributed by atoms with Gasteiger partial charge >= 0.3 is 5.97 Å². The van der Waals surface area contributed by atoms with Crippen LogP contribution in [0.2, 0.25) is 0 Å². The minimum Gasteiger partial charge on any atom is -0.500 e. The lowest BCUT2D eigenvalue weighted by molar-refractivity contribution is 0.0594. The lowest BCUT2D eigenvalue weighted by atomic mass is 9.94. The van der Waals surface area contributed by atoms with Crippen molar-refractivity contribution in [3.8, 4) is 0 Å². The van der Waals surface area contributed by atoms with Crippen molar-refractivity contribution in [3.63, 3.8) is 0 Å². The molecule has 1 fully saturated rings. The molecule has 6 nitrogen and oxygen atoms in total. The zero-order valence-electron chi connectivity index (χ0n) is 13.8. The highest BCUT2D eigenvalue weighted by molar-refractivity contribution is 5.89. The average Bonchev–Trinajstić information content (AvgIpc) is 3.28. The number of nitrogens with zero attached hydrogens (tertiary/aromatic N) is 3. The maximum atomic E-state index is 11.8. The van der Waals surface area contributed by atoms with Gasteiger partial charge in [0, 0.05) is 6.04 Å². The summed E-state index contributed by atoms with van der Waals surface area (Å²) in [6, 6.07) is 4.11. The van der Waals surface area contributed by atoms with E-state index < -0.39 is 5.97 Å². The summed E-state index contributed by atoms with van der Waals surface area (Å²) in [6.45, 7) is 0.611. The first-order chi connectivity index (χ1) is 11.8. The van der Waals surface area contributed by atoms with E-state index in [2.05, 4.69) is 9.55 Å². The van der Waals surface area contributed by atoms with Crippen molar-refractivity contribution in [1.82, 2.24) is 14.5 Å². The summed E-state index contributed by atoms with van der Waals surface area (Å²) in [4.78, 5) is 20.9. The van der Waals surface area contributed by atoms with E-state index in [1.54, 1.807) is 12.3 Å². The van der Waals surface area contributed by atoms with Gasteiger partial charge in [-0.15, -0.1) is 0 Å². The summed E-state index contributed by atoms with van der Waals surface area (Å²) in [6.07, 6.45) is 9.89. The molecule has 0 spiro atoms. The van der Waals surface area contributed by atoms with Gasteiger partial charge in [0.05, 0.1) is 24.8 Å². The number of esters is 1. The lowest BCUT2D eigenvalue weighted by Crippen LogP contribution is -2.17. The molecule has 1 aliphatic heterocycles. The van der Waals surface area contributed by atoms with Crippen molar-refractivity contribution in [2.24, 2.45) is 0 Å². The molecule has 4 rings (SSSR count). The Morgan fingerprint density at radius 2 is 2.08 bits per heavy atom. The number of pyridine rings is 1. The monoisotopic (exact) mass is 327 g/mol. The lowest BCUT2D eigenvalue weighted by Gasteiger charge is -2.26. The second-order valence-electron chi connectivity index (χ2n) is 6.43. The zero-order valence-corrected chi connectivity index (χ0v) is 13.8. The van der Waals surface area contributed by atoms with E-state index in [0.717, 1.165) is 24.2 Å². The Bertz CT molecular complexity index is 790. The van der Waals surface area contributed by atoms with E-state index in [1.807, 2.05) is 12.1 Å². The minimum atomic E-state index is -0.435. The van der Waals surface area contributed by atoms with Crippen molar-refractivity contribution < 1.29 is 14.3 Å². The van der Waals surface area contributed by atoms with E-state index >= 15 is 0 Å². The van der Waals surface area contributed by atoms with Crippen molar-refractivity contribution in [3.05, 3.63) is 36.0 Å². The fourth-order valence-electron chi connectivity index (χ4n) is 3.73. The first-order valence-electron chi connectivity index (χ1n) is 8.53. The van der Waals surface area contributed by atoms with Gasteiger partial charge in [0.2, 0.25) is 0 Å². The predicted molar refractivity (Wildman–Crippen MR) is 88.8 cm³/mol. The van der Waals surface area contributed by atoms with Gasteiger partial charge in [0.25, 0.3) is 0 Å². The quantitative estimate of drug-likeness (QED) is 0.809. The summed E-state index contributed by atoms with van der Waals surface area (Å²) in [5.74, 6) is 0.692. The van der Waals surface area contributed by atoms with Crippen LogP contribution in [0.5, 0.6) is 0 Å². The Hall–Kier alpha value is -2.37. The van der Waals surface area contributed by atoms with E-state index in [1.165, 1.54) is 26.4 Å². The number of fused-ring (bicyclic) bond motifs is 1. The third-order valence-electron chi connectivity index (χ3n) is 4.93. The van der Waals surface area contributed by atoms with E-state index in [0.29, 0.717) is 24.0 Å². The summed E-state index contributed by atoms with van der Waals surface area (Å²) >= 11 is 0. The van der Waals surface area contributed by atoms with Crippen LogP contribution < -0.4 is 0 Å². The molecule has 2 aromatic heterocycles. The van der Waals surface area contributed by atoms with E-state index in [-0.39, 0.29) is 5.92 Å². The van der Waals surface area contributed by atoms with E-state index in [4.69, 9.17) is 14.5 Å². The highest BCUT2D eigenvalue weighted by Crippen LogP contribution is 2.35. The Morgan fingerprint density at radius 1 is 1.25 bits per heavy atom. The van der Waals surface area contributed by atoms with Crippen LogP contribution in [-0.4, -0.2) is 34.2 Å². The van der Waals surface area contributed by atoms with Crippen molar-refractivity contribution >= 4 is 17.1 Å². The highest BCUT2D eigenvalue weighted by Gasteiger charge is 2.27. The average molecular weight is 327 g/mol. The smallest absolute Gasteiger partial charge is 0.356 e. The number of carbonyl (C=O) groups excluding carboxylic acids is 1. The number of methoxy groups -OCH3 is 1. The standard InChI is InChI=1S/C18H21N3O3/c1-23-18(22)14-7-8-15-16(19-14)20-17(12-9-10-24-11-12)21(15)13-5-3-2-4-6-13/h7-10,12-13H,2-6,11H2,1H3. The third kappa shape index (κ3) is 2.56. The summed E-state index contributed by atoms with van der Waals surface area (Å²) in [5.41, 5.74) is 1.90. The largest absolute Gasteiger partial charge is 0.500 e. The maximum Gasteiger partial charge on any atom is 0.356 e. The van der Waals surface area contributed by atoms with Crippen molar-refractivity contribution in [2.75, 3.05) is 13.7 Å². The zero-order chi connectivity index (χ0) is 16.5. The van der Waals surface area contributed by atoms with Crippen LogP contribution in [0.25, 0.3) is 11.2 Å². The van der Waals surface area contributed by atoms with Crippen molar-refractivity contribution in [2.45, 2.75) is 44.1 Å². The number of rotatable bonds is 3. The molecular formula is C18H21N3O3. The molecule has 0 N–H and O–H groups in total. The topological polar surface area (TPSA) is 66.2 Å². The molecule has 0 amide bonds. The Balaban J connectivity index is 1.84. The SMILES string of the molecule is COC(=O)c1ccc2c(n1)nc(C1C=COC1)n2C1CCCCC1. The molecule has 2 aromatic rings. The number of ether oxygens (including phenoxy) is 2. The molecule has 0 aromatic carbocycles. The summed E-state index contributed by atoms with van der Waals surface area (Å²) < 4.78 is 12.5. The molecule has 1 saturated carbocycles. The van der Waals surface area contributed by atoms with Gasteiger partial charge in [-0.3, -0.25) is 0 Å². The van der Waals surface area contributed by atoms with Crippen LogP contribution >= 0.6 is 0 Å². The van der Waals surface area contributed by atoms with Gasteiger partial charge in [0.1, 0.15) is 12.4 Å². The van der Waals surface area contributed by atoms with Crippen LogP contribution in [0.3, 0.4) is 0 Å². The van der Waals surface area contributed by atoms with Gasteiger partial charge < -0.3 is 14.0 Å². The normalized spacial score (nSPS) is 21.1. The van der Waals surface area contributed by atoms with Gasteiger partial charge in [-0.1, -0.05) is 19.3 Å².